The van der Waals surface area contributed by atoms with Crippen molar-refractivity contribution in [3.05, 3.63) is 74.8 Å². The predicted molar refractivity (Wildman–Crippen MR) is 81.5 cm³/mol. The van der Waals surface area contributed by atoms with Gasteiger partial charge in [-0.2, -0.15) is 0 Å². The third kappa shape index (κ3) is 3.80. The Morgan fingerprint density at radius 3 is 1.79 bits per heavy atom. The molecule has 2 aromatic rings. The third-order valence-corrected chi connectivity index (χ3v) is 3.25. The number of carbonyl (C=O) groups excluding carboxylic acids is 1. The molecule has 0 saturated heterocycles. The van der Waals surface area contributed by atoms with Gasteiger partial charge in [0.25, 0.3) is 5.69 Å². The highest BCUT2D eigenvalue weighted by Gasteiger charge is 2.15. The van der Waals surface area contributed by atoms with E-state index in [1.54, 1.807) is 0 Å². The monoisotopic (exact) mass is 329 g/mol. The molecule has 0 aromatic heterocycles. The van der Waals surface area contributed by atoms with Crippen molar-refractivity contribution in [3.63, 3.8) is 0 Å². The Hall–Kier alpha value is -3.55. The molecule has 0 spiro atoms. The van der Waals surface area contributed by atoms with Gasteiger partial charge in [0.15, 0.2) is 5.78 Å². The standard InChI is InChI=1S/C16H11NO7/c18-14(10-1-3-13(4-2-10)17(23)24)7-9-5-11(15(19)20)8-12(6-9)16(21)22/h1-6,8H,7H2,(H,19,20)(H,21,22). The maximum absolute atomic E-state index is 12.2. The fourth-order valence-corrected chi connectivity index (χ4v) is 2.10. The summed E-state index contributed by atoms with van der Waals surface area (Å²) in [5, 5.41) is 28.6. The molecule has 0 aliphatic rings. The fourth-order valence-electron chi connectivity index (χ4n) is 2.10. The van der Waals surface area contributed by atoms with Gasteiger partial charge in [0.2, 0.25) is 0 Å². The van der Waals surface area contributed by atoms with Crippen molar-refractivity contribution in [1.29, 1.82) is 0 Å². The van der Waals surface area contributed by atoms with Crippen molar-refractivity contribution < 1.29 is 29.5 Å². The quantitative estimate of drug-likeness (QED) is 0.472. The zero-order chi connectivity index (χ0) is 17.9. The summed E-state index contributed by atoms with van der Waals surface area (Å²) in [5.41, 5.74) is -0.191. The molecule has 2 aromatic carbocycles. The summed E-state index contributed by atoms with van der Waals surface area (Å²) in [6.07, 6.45) is -0.223. The number of nitro benzene ring substituents is 1. The van der Waals surface area contributed by atoms with Gasteiger partial charge >= 0.3 is 11.9 Å². The number of rotatable bonds is 6. The molecule has 0 amide bonds. The van der Waals surface area contributed by atoms with Crippen LogP contribution in [0.5, 0.6) is 0 Å². The SMILES string of the molecule is O=C(O)c1cc(CC(=O)c2ccc([N+](=O)[O-])cc2)cc(C(=O)O)c1. The first-order chi connectivity index (χ1) is 11.3. The number of ketones is 1. The van der Waals surface area contributed by atoms with Crippen molar-refractivity contribution in [2.24, 2.45) is 0 Å². The van der Waals surface area contributed by atoms with E-state index in [9.17, 15) is 24.5 Å². The van der Waals surface area contributed by atoms with Crippen LogP contribution in [0.1, 0.15) is 36.6 Å². The van der Waals surface area contributed by atoms with Crippen LogP contribution in [0.4, 0.5) is 5.69 Å². The lowest BCUT2D eigenvalue weighted by Crippen LogP contribution is -2.08. The van der Waals surface area contributed by atoms with Crippen LogP contribution in [0.2, 0.25) is 0 Å². The highest BCUT2D eigenvalue weighted by Crippen LogP contribution is 2.16. The Morgan fingerprint density at radius 2 is 1.38 bits per heavy atom. The van der Waals surface area contributed by atoms with Crippen molar-refractivity contribution in [3.8, 4) is 0 Å². The topological polar surface area (TPSA) is 135 Å². The second-order valence-electron chi connectivity index (χ2n) is 4.93. The molecule has 0 fully saturated rings. The normalized spacial score (nSPS) is 10.2. The molecule has 24 heavy (non-hydrogen) atoms. The fraction of sp³-hybridized carbons (Fsp3) is 0.0625. The highest BCUT2D eigenvalue weighted by atomic mass is 16.6. The van der Waals surface area contributed by atoms with Crippen LogP contribution in [0.15, 0.2) is 42.5 Å². The van der Waals surface area contributed by atoms with E-state index in [2.05, 4.69) is 0 Å². The molecule has 8 heteroatoms. The number of nitro groups is 1. The smallest absolute Gasteiger partial charge is 0.335 e. The van der Waals surface area contributed by atoms with Crippen LogP contribution in [0, 0.1) is 10.1 Å². The van der Waals surface area contributed by atoms with Crippen molar-refractivity contribution in [2.45, 2.75) is 6.42 Å². The van der Waals surface area contributed by atoms with Crippen LogP contribution in [-0.2, 0) is 6.42 Å². The number of hydrogen-bond donors (Lipinski definition) is 2. The molecule has 0 aliphatic heterocycles. The zero-order valence-corrected chi connectivity index (χ0v) is 12.1. The molecule has 0 atom stereocenters. The first kappa shape index (κ1) is 16.8. The number of Topliss-reactive ketones (excluding diaryl/α,β-unsaturated/α-hetero) is 1. The summed E-state index contributed by atoms with van der Waals surface area (Å²) in [6, 6.07) is 8.40. The van der Waals surface area contributed by atoms with E-state index in [0.717, 1.165) is 6.07 Å². The molecule has 2 N–H and O–H groups in total. The van der Waals surface area contributed by atoms with E-state index < -0.39 is 22.6 Å². The van der Waals surface area contributed by atoms with Gasteiger partial charge in [0.05, 0.1) is 16.1 Å². The van der Waals surface area contributed by atoms with Gasteiger partial charge in [-0.25, -0.2) is 9.59 Å². The average molecular weight is 329 g/mol. The summed E-state index contributed by atoms with van der Waals surface area (Å²) in [6.45, 7) is 0. The summed E-state index contributed by atoms with van der Waals surface area (Å²) >= 11 is 0. The van der Waals surface area contributed by atoms with E-state index in [4.69, 9.17) is 10.2 Å². The van der Waals surface area contributed by atoms with E-state index in [0.29, 0.717) is 0 Å². The lowest BCUT2D eigenvalue weighted by atomic mass is 9.99. The number of benzene rings is 2. The second-order valence-corrected chi connectivity index (χ2v) is 4.93. The number of carbonyl (C=O) groups is 3. The highest BCUT2D eigenvalue weighted by molar-refractivity contribution is 5.99. The van der Waals surface area contributed by atoms with E-state index >= 15 is 0 Å². The molecule has 0 bridgehead atoms. The molecule has 0 saturated carbocycles. The van der Waals surface area contributed by atoms with E-state index in [1.807, 2.05) is 0 Å². The third-order valence-electron chi connectivity index (χ3n) is 3.25. The van der Waals surface area contributed by atoms with Gasteiger partial charge in [-0.05, 0) is 35.9 Å². The van der Waals surface area contributed by atoms with Crippen LogP contribution < -0.4 is 0 Å². The minimum Gasteiger partial charge on any atom is -0.478 e. The summed E-state index contributed by atoms with van der Waals surface area (Å²) in [5.74, 6) is -3.02. The van der Waals surface area contributed by atoms with Gasteiger partial charge in [0, 0.05) is 24.1 Å². The van der Waals surface area contributed by atoms with E-state index in [-0.39, 0.29) is 34.4 Å². The molecule has 0 aliphatic carbocycles. The van der Waals surface area contributed by atoms with Gasteiger partial charge < -0.3 is 10.2 Å². The Kier molecular flexibility index (Phi) is 4.69. The molecular weight excluding hydrogens is 318 g/mol. The zero-order valence-electron chi connectivity index (χ0n) is 12.1. The van der Waals surface area contributed by atoms with Crippen molar-refractivity contribution >= 4 is 23.4 Å². The van der Waals surface area contributed by atoms with Crippen LogP contribution in [0.25, 0.3) is 0 Å². The number of non-ortho nitro benzene ring substituents is 1. The lowest BCUT2D eigenvalue weighted by molar-refractivity contribution is -0.384. The van der Waals surface area contributed by atoms with Crippen LogP contribution in [0.3, 0.4) is 0 Å². The van der Waals surface area contributed by atoms with Gasteiger partial charge in [0.1, 0.15) is 0 Å². The van der Waals surface area contributed by atoms with E-state index in [1.165, 1.54) is 36.4 Å². The van der Waals surface area contributed by atoms with Gasteiger partial charge in [-0.3, -0.25) is 14.9 Å². The lowest BCUT2D eigenvalue weighted by Gasteiger charge is -2.05. The molecule has 0 heterocycles. The predicted octanol–water partition coefficient (Wildman–Crippen LogP) is 2.42. The molecular formula is C16H11NO7. The summed E-state index contributed by atoms with van der Waals surface area (Å²) < 4.78 is 0. The molecule has 122 valence electrons. The summed E-state index contributed by atoms with van der Waals surface area (Å²) in [4.78, 5) is 44.3. The number of carboxylic acids is 2. The average Bonchev–Trinajstić information content (AvgIpc) is 2.54. The number of carboxylic acid groups (broad SMARTS) is 2. The second kappa shape index (κ2) is 6.69. The van der Waals surface area contributed by atoms with Gasteiger partial charge in [-0.1, -0.05) is 0 Å². The number of nitrogens with zero attached hydrogens (tertiary/aromatic N) is 1. The molecule has 2 rings (SSSR count). The molecule has 8 nitrogen and oxygen atoms in total. The Balaban J connectivity index is 2.29. The van der Waals surface area contributed by atoms with Crippen molar-refractivity contribution in [1.82, 2.24) is 0 Å². The maximum atomic E-state index is 12.2. The van der Waals surface area contributed by atoms with Crippen LogP contribution >= 0.6 is 0 Å². The largest absolute Gasteiger partial charge is 0.478 e. The minimum atomic E-state index is -1.30. The number of hydrogen-bond acceptors (Lipinski definition) is 5. The Labute approximate surface area is 135 Å². The minimum absolute atomic E-state index is 0.160. The first-order valence-corrected chi connectivity index (χ1v) is 6.66. The number of aromatic carboxylic acids is 2. The molecule has 0 radical (unpaired) electrons. The Bertz CT molecular complexity index is 808. The summed E-state index contributed by atoms with van der Waals surface area (Å²) in [7, 11) is 0. The van der Waals surface area contributed by atoms with Gasteiger partial charge in [-0.15, -0.1) is 0 Å². The first-order valence-electron chi connectivity index (χ1n) is 6.66. The Morgan fingerprint density at radius 1 is 0.875 bits per heavy atom. The van der Waals surface area contributed by atoms with Crippen LogP contribution in [-0.4, -0.2) is 32.9 Å². The molecule has 0 unspecified atom stereocenters. The maximum Gasteiger partial charge on any atom is 0.335 e. The van der Waals surface area contributed by atoms with Crippen molar-refractivity contribution in [2.75, 3.05) is 0 Å².